The van der Waals surface area contributed by atoms with Crippen molar-refractivity contribution in [2.75, 3.05) is 13.7 Å². The number of rotatable bonds is 7. The van der Waals surface area contributed by atoms with Crippen molar-refractivity contribution in [1.29, 1.82) is 5.26 Å². The molecule has 0 aliphatic heterocycles. The summed E-state index contributed by atoms with van der Waals surface area (Å²) < 4.78 is 15.9. The zero-order valence-electron chi connectivity index (χ0n) is 16.0. The van der Waals surface area contributed by atoms with Crippen LogP contribution >= 0.6 is 0 Å². The van der Waals surface area contributed by atoms with Crippen molar-refractivity contribution in [1.82, 2.24) is 0 Å². The van der Waals surface area contributed by atoms with Crippen LogP contribution in [0.5, 0.6) is 11.5 Å². The van der Waals surface area contributed by atoms with Gasteiger partial charge in [0.15, 0.2) is 0 Å². The molecule has 2 aromatic rings. The van der Waals surface area contributed by atoms with Gasteiger partial charge in [-0.2, -0.15) is 5.26 Å². The van der Waals surface area contributed by atoms with Crippen molar-refractivity contribution in [2.24, 2.45) is 0 Å². The second-order valence-electron chi connectivity index (χ2n) is 5.99. The number of nitrogens with zero attached hydrogens (tertiary/aromatic N) is 1. The Labute approximate surface area is 159 Å². The van der Waals surface area contributed by atoms with Crippen LogP contribution in [0.3, 0.4) is 0 Å². The van der Waals surface area contributed by atoms with E-state index in [0.717, 1.165) is 33.8 Å². The number of benzene rings is 2. The van der Waals surface area contributed by atoms with Crippen molar-refractivity contribution in [3.8, 4) is 17.6 Å². The first kappa shape index (κ1) is 20.1. The summed E-state index contributed by atoms with van der Waals surface area (Å²) in [6.07, 6.45) is 1.57. The molecule has 0 saturated carbocycles. The number of hydrogen-bond donors (Lipinski definition) is 0. The maximum absolute atomic E-state index is 11.9. The van der Waals surface area contributed by atoms with Crippen LogP contribution in [0.4, 0.5) is 0 Å². The predicted octanol–water partition coefficient (Wildman–Crippen LogP) is 4.36. The predicted molar refractivity (Wildman–Crippen MR) is 103 cm³/mol. The van der Waals surface area contributed by atoms with Gasteiger partial charge in [-0.1, -0.05) is 17.7 Å². The summed E-state index contributed by atoms with van der Waals surface area (Å²) >= 11 is 0. The third-order valence-electron chi connectivity index (χ3n) is 4.07. The molecule has 0 spiro atoms. The standard InChI is InChI=1S/C22H23NO4/c1-5-26-22(24)18(13-23)12-17-10-15(2)11-19(16(17)3)14-27-21-8-6-20(25-4)7-9-21/h6-12H,5,14H2,1-4H3. The molecule has 0 atom stereocenters. The van der Waals surface area contributed by atoms with Gasteiger partial charge in [0.1, 0.15) is 29.7 Å². The second kappa shape index (κ2) is 9.44. The van der Waals surface area contributed by atoms with Crippen molar-refractivity contribution in [3.63, 3.8) is 0 Å². The lowest BCUT2D eigenvalue weighted by molar-refractivity contribution is -0.137. The van der Waals surface area contributed by atoms with Gasteiger partial charge in [0, 0.05) is 0 Å². The van der Waals surface area contributed by atoms with E-state index in [-0.39, 0.29) is 12.2 Å². The molecule has 0 heterocycles. The minimum atomic E-state index is -0.614. The first-order valence-corrected chi connectivity index (χ1v) is 8.64. The lowest BCUT2D eigenvalue weighted by Crippen LogP contribution is -2.06. The minimum absolute atomic E-state index is 0.0208. The Balaban J connectivity index is 2.25. The Morgan fingerprint density at radius 3 is 2.41 bits per heavy atom. The number of ether oxygens (including phenoxy) is 3. The van der Waals surface area contributed by atoms with Gasteiger partial charge in [0.05, 0.1) is 13.7 Å². The van der Waals surface area contributed by atoms with Crippen LogP contribution in [0, 0.1) is 25.2 Å². The first-order valence-electron chi connectivity index (χ1n) is 8.64. The molecule has 5 heteroatoms. The normalized spacial score (nSPS) is 10.9. The highest BCUT2D eigenvalue weighted by atomic mass is 16.5. The average molecular weight is 365 g/mol. The molecule has 0 saturated heterocycles. The third-order valence-corrected chi connectivity index (χ3v) is 4.07. The molecular formula is C22H23NO4. The van der Waals surface area contributed by atoms with Crippen molar-refractivity contribution in [3.05, 3.63) is 64.2 Å². The van der Waals surface area contributed by atoms with Gasteiger partial charge >= 0.3 is 5.97 Å². The summed E-state index contributed by atoms with van der Waals surface area (Å²) in [5, 5.41) is 9.25. The van der Waals surface area contributed by atoms with Crippen LogP contribution in [-0.2, 0) is 16.1 Å². The SMILES string of the molecule is CCOC(=O)C(C#N)=Cc1cc(C)cc(COc2ccc(OC)cc2)c1C. The topological polar surface area (TPSA) is 68.6 Å². The molecule has 2 rings (SSSR count). The van der Waals surface area contributed by atoms with Crippen LogP contribution in [0.1, 0.15) is 29.2 Å². The van der Waals surface area contributed by atoms with Crippen LogP contribution in [0.2, 0.25) is 0 Å². The van der Waals surface area contributed by atoms with E-state index in [2.05, 4.69) is 0 Å². The smallest absolute Gasteiger partial charge is 0.348 e. The summed E-state index contributed by atoms with van der Waals surface area (Å²) in [5.74, 6) is 0.888. The van der Waals surface area contributed by atoms with Gasteiger partial charge in [0.25, 0.3) is 0 Å². The second-order valence-corrected chi connectivity index (χ2v) is 5.99. The Kier molecular flexibility index (Phi) is 7.01. The number of methoxy groups -OCH3 is 1. The van der Waals surface area contributed by atoms with E-state index in [9.17, 15) is 10.1 Å². The molecule has 0 aromatic heterocycles. The van der Waals surface area contributed by atoms with Gasteiger partial charge in [-0.3, -0.25) is 0 Å². The van der Waals surface area contributed by atoms with Crippen LogP contribution in [-0.4, -0.2) is 19.7 Å². The number of esters is 1. The van der Waals surface area contributed by atoms with Crippen molar-refractivity contribution >= 4 is 12.0 Å². The Morgan fingerprint density at radius 2 is 1.81 bits per heavy atom. The summed E-state index contributed by atoms with van der Waals surface area (Å²) in [6, 6.07) is 13.3. The maximum Gasteiger partial charge on any atom is 0.348 e. The quantitative estimate of drug-likeness (QED) is 0.414. The van der Waals surface area contributed by atoms with Gasteiger partial charge < -0.3 is 14.2 Å². The molecule has 0 radical (unpaired) electrons. The summed E-state index contributed by atoms with van der Waals surface area (Å²) in [6.45, 7) is 6.22. The number of aryl methyl sites for hydroxylation is 1. The molecule has 0 amide bonds. The van der Waals surface area contributed by atoms with Crippen LogP contribution < -0.4 is 9.47 Å². The number of hydrogen-bond acceptors (Lipinski definition) is 5. The molecular weight excluding hydrogens is 342 g/mol. The van der Waals surface area contributed by atoms with Gasteiger partial charge in [0.2, 0.25) is 0 Å². The van der Waals surface area contributed by atoms with Crippen molar-refractivity contribution in [2.45, 2.75) is 27.4 Å². The van der Waals surface area contributed by atoms with Crippen molar-refractivity contribution < 1.29 is 19.0 Å². The molecule has 0 fully saturated rings. The van der Waals surface area contributed by atoms with E-state index >= 15 is 0 Å². The lowest BCUT2D eigenvalue weighted by Gasteiger charge is -2.13. The van der Waals surface area contributed by atoms with Gasteiger partial charge in [-0.05, 0) is 67.8 Å². The molecule has 27 heavy (non-hydrogen) atoms. The van der Waals surface area contributed by atoms with E-state index in [0.29, 0.717) is 6.61 Å². The lowest BCUT2D eigenvalue weighted by atomic mass is 9.98. The largest absolute Gasteiger partial charge is 0.497 e. The molecule has 140 valence electrons. The van der Waals surface area contributed by atoms with Crippen LogP contribution in [0.25, 0.3) is 6.08 Å². The third kappa shape index (κ3) is 5.35. The van der Waals surface area contributed by atoms with E-state index in [4.69, 9.17) is 14.2 Å². The Bertz CT molecular complexity index is 876. The average Bonchev–Trinajstić information content (AvgIpc) is 2.67. The highest BCUT2D eigenvalue weighted by Gasteiger charge is 2.12. The van der Waals surface area contributed by atoms with E-state index in [1.807, 2.05) is 56.3 Å². The molecule has 0 unspecified atom stereocenters. The van der Waals surface area contributed by atoms with E-state index < -0.39 is 5.97 Å². The molecule has 2 aromatic carbocycles. The molecule has 0 aliphatic rings. The molecule has 0 N–H and O–H groups in total. The first-order chi connectivity index (χ1) is 13.0. The monoisotopic (exact) mass is 365 g/mol. The van der Waals surface area contributed by atoms with Crippen LogP contribution in [0.15, 0.2) is 42.0 Å². The fraction of sp³-hybridized carbons (Fsp3) is 0.273. The fourth-order valence-corrected chi connectivity index (χ4v) is 2.60. The Hall–Kier alpha value is -3.26. The zero-order valence-corrected chi connectivity index (χ0v) is 16.0. The summed E-state index contributed by atoms with van der Waals surface area (Å²) in [5.41, 5.74) is 3.73. The van der Waals surface area contributed by atoms with E-state index in [1.54, 1.807) is 20.1 Å². The minimum Gasteiger partial charge on any atom is -0.497 e. The highest BCUT2D eigenvalue weighted by Crippen LogP contribution is 2.23. The fourth-order valence-electron chi connectivity index (χ4n) is 2.60. The maximum atomic E-state index is 11.9. The molecule has 5 nitrogen and oxygen atoms in total. The molecule has 0 bridgehead atoms. The summed E-state index contributed by atoms with van der Waals surface area (Å²) in [4.78, 5) is 11.9. The summed E-state index contributed by atoms with van der Waals surface area (Å²) in [7, 11) is 1.62. The molecule has 0 aliphatic carbocycles. The van der Waals surface area contributed by atoms with Gasteiger partial charge in [-0.25, -0.2) is 4.79 Å². The zero-order chi connectivity index (χ0) is 19.8. The van der Waals surface area contributed by atoms with Gasteiger partial charge in [-0.15, -0.1) is 0 Å². The number of carbonyl (C=O) groups is 1. The number of carbonyl (C=O) groups excluding carboxylic acids is 1. The Morgan fingerprint density at radius 1 is 1.15 bits per heavy atom. The highest BCUT2D eigenvalue weighted by molar-refractivity contribution is 5.98. The number of nitriles is 1. The van der Waals surface area contributed by atoms with E-state index in [1.165, 1.54) is 0 Å².